The van der Waals surface area contributed by atoms with Gasteiger partial charge in [0.25, 0.3) is 0 Å². The van der Waals surface area contributed by atoms with E-state index in [1.54, 1.807) is 30.2 Å². The molecule has 1 saturated heterocycles. The maximum Gasteiger partial charge on any atom is 0.231 e. The van der Waals surface area contributed by atoms with Gasteiger partial charge in [0.15, 0.2) is 16.6 Å². The van der Waals surface area contributed by atoms with Crippen LogP contribution in [-0.2, 0) is 9.59 Å². The number of carbonyl (C=O) groups excluding carboxylic acids is 2. The van der Waals surface area contributed by atoms with Crippen LogP contribution in [0.2, 0.25) is 0 Å². The molecule has 2 aliphatic rings. The first-order valence-electron chi connectivity index (χ1n) is 9.06. The summed E-state index contributed by atoms with van der Waals surface area (Å²) >= 11 is 1.37. The lowest BCUT2D eigenvalue weighted by molar-refractivity contribution is -0.122. The number of hydrogen-bond donors (Lipinski definition) is 1. The van der Waals surface area contributed by atoms with Crippen molar-refractivity contribution in [1.29, 1.82) is 0 Å². The smallest absolute Gasteiger partial charge is 0.231 e. The second-order valence-electron chi connectivity index (χ2n) is 6.78. The standard InChI is InChI=1S/C20H17N3O5S/c1-26-13-3-4-14-17(8-13)29-20(21-14)22-19(25)11-6-18(24)23(9-11)12-2-5-15-16(7-12)28-10-27-15/h2-5,7-8,11H,6,9-10H2,1H3,(H,21,22,25). The highest BCUT2D eigenvalue weighted by Gasteiger charge is 2.36. The number of ether oxygens (including phenoxy) is 3. The number of anilines is 2. The van der Waals surface area contributed by atoms with Crippen LogP contribution in [0.25, 0.3) is 10.2 Å². The number of hydrogen-bond acceptors (Lipinski definition) is 7. The van der Waals surface area contributed by atoms with Gasteiger partial charge in [0, 0.05) is 24.7 Å². The molecule has 3 heterocycles. The Morgan fingerprint density at radius 2 is 2.10 bits per heavy atom. The van der Waals surface area contributed by atoms with E-state index in [0.717, 1.165) is 16.0 Å². The van der Waals surface area contributed by atoms with Gasteiger partial charge in [0.05, 0.1) is 23.2 Å². The zero-order valence-corrected chi connectivity index (χ0v) is 16.3. The first kappa shape index (κ1) is 17.7. The molecule has 0 aliphatic carbocycles. The predicted molar refractivity (Wildman–Crippen MR) is 108 cm³/mol. The molecule has 0 saturated carbocycles. The summed E-state index contributed by atoms with van der Waals surface area (Å²) in [6.45, 7) is 0.481. The van der Waals surface area contributed by atoms with Gasteiger partial charge in [-0.15, -0.1) is 0 Å². The third kappa shape index (κ3) is 3.23. The highest BCUT2D eigenvalue weighted by molar-refractivity contribution is 7.22. The topological polar surface area (TPSA) is 90.0 Å². The second-order valence-corrected chi connectivity index (χ2v) is 7.82. The van der Waals surface area contributed by atoms with Gasteiger partial charge in [-0.25, -0.2) is 4.98 Å². The van der Waals surface area contributed by atoms with Crippen LogP contribution in [0.15, 0.2) is 36.4 Å². The molecule has 1 atom stereocenters. The Bertz CT molecular complexity index is 1130. The third-order valence-corrected chi connectivity index (χ3v) is 5.92. The molecule has 1 aromatic heterocycles. The minimum absolute atomic E-state index is 0.0990. The van der Waals surface area contributed by atoms with Crippen molar-refractivity contribution in [3.05, 3.63) is 36.4 Å². The Morgan fingerprint density at radius 3 is 2.97 bits per heavy atom. The molecule has 3 aromatic rings. The summed E-state index contributed by atoms with van der Waals surface area (Å²) in [5, 5.41) is 3.36. The summed E-state index contributed by atoms with van der Waals surface area (Å²) in [6.07, 6.45) is 0.152. The quantitative estimate of drug-likeness (QED) is 0.710. The van der Waals surface area contributed by atoms with Crippen molar-refractivity contribution < 1.29 is 23.8 Å². The second kappa shape index (κ2) is 6.93. The highest BCUT2D eigenvalue weighted by atomic mass is 32.1. The molecule has 1 fully saturated rings. The van der Waals surface area contributed by atoms with Gasteiger partial charge in [-0.2, -0.15) is 0 Å². The number of nitrogens with zero attached hydrogens (tertiary/aromatic N) is 2. The summed E-state index contributed by atoms with van der Waals surface area (Å²) < 4.78 is 16.8. The maximum absolute atomic E-state index is 12.7. The number of carbonyl (C=O) groups is 2. The van der Waals surface area contributed by atoms with Crippen molar-refractivity contribution in [2.45, 2.75) is 6.42 Å². The van der Waals surface area contributed by atoms with E-state index in [4.69, 9.17) is 14.2 Å². The van der Waals surface area contributed by atoms with Gasteiger partial charge in [0.2, 0.25) is 18.6 Å². The van der Waals surface area contributed by atoms with Gasteiger partial charge < -0.3 is 24.4 Å². The fourth-order valence-electron chi connectivity index (χ4n) is 3.48. The van der Waals surface area contributed by atoms with Gasteiger partial charge in [-0.05, 0) is 30.3 Å². The van der Waals surface area contributed by atoms with Crippen LogP contribution >= 0.6 is 11.3 Å². The lowest BCUT2D eigenvalue weighted by Gasteiger charge is -2.17. The average Bonchev–Trinajstić information content (AvgIpc) is 3.43. The van der Waals surface area contributed by atoms with E-state index in [2.05, 4.69) is 10.3 Å². The van der Waals surface area contributed by atoms with E-state index in [-0.39, 0.29) is 25.0 Å². The van der Waals surface area contributed by atoms with Gasteiger partial charge in [-0.1, -0.05) is 11.3 Å². The molecule has 9 heteroatoms. The molecular formula is C20H17N3O5S. The third-order valence-electron chi connectivity index (χ3n) is 4.99. The number of nitrogens with one attached hydrogen (secondary N) is 1. The van der Waals surface area contributed by atoms with E-state index in [0.29, 0.717) is 28.9 Å². The largest absolute Gasteiger partial charge is 0.497 e. The molecule has 1 unspecified atom stereocenters. The summed E-state index contributed by atoms with van der Waals surface area (Å²) in [4.78, 5) is 31.3. The fourth-order valence-corrected chi connectivity index (χ4v) is 4.38. The number of amides is 2. The number of aromatic nitrogens is 1. The summed E-state index contributed by atoms with van der Waals surface area (Å²) in [5.74, 6) is 1.23. The van der Waals surface area contributed by atoms with Crippen LogP contribution in [0.3, 0.4) is 0 Å². The van der Waals surface area contributed by atoms with Crippen molar-refractivity contribution in [3.63, 3.8) is 0 Å². The maximum atomic E-state index is 12.7. The molecule has 5 rings (SSSR count). The van der Waals surface area contributed by atoms with Crippen molar-refractivity contribution >= 4 is 44.2 Å². The number of fused-ring (bicyclic) bond motifs is 2. The Morgan fingerprint density at radius 1 is 1.24 bits per heavy atom. The van der Waals surface area contributed by atoms with Crippen molar-refractivity contribution in [2.75, 3.05) is 30.7 Å². The first-order chi connectivity index (χ1) is 14.1. The van der Waals surface area contributed by atoms with Gasteiger partial charge in [0.1, 0.15) is 5.75 Å². The summed E-state index contributed by atoms with van der Waals surface area (Å²) in [5.41, 5.74) is 1.48. The molecule has 29 heavy (non-hydrogen) atoms. The zero-order valence-electron chi connectivity index (χ0n) is 15.5. The number of benzene rings is 2. The summed E-state index contributed by atoms with van der Waals surface area (Å²) in [7, 11) is 1.61. The van der Waals surface area contributed by atoms with Crippen molar-refractivity contribution in [3.8, 4) is 17.2 Å². The molecule has 0 bridgehead atoms. The molecule has 1 N–H and O–H groups in total. The minimum atomic E-state index is -0.450. The Hall–Kier alpha value is -3.33. The Kier molecular flexibility index (Phi) is 4.24. The molecule has 0 spiro atoms. The Balaban J connectivity index is 1.30. The van der Waals surface area contributed by atoms with Crippen LogP contribution in [0.1, 0.15) is 6.42 Å². The normalized spacial score (nSPS) is 17.8. The molecule has 0 radical (unpaired) electrons. The highest BCUT2D eigenvalue weighted by Crippen LogP contribution is 2.37. The Labute approximate surface area is 170 Å². The van der Waals surface area contributed by atoms with Crippen LogP contribution in [-0.4, -0.2) is 37.2 Å². The molecule has 2 amide bonds. The van der Waals surface area contributed by atoms with Crippen LogP contribution < -0.4 is 24.4 Å². The first-order valence-corrected chi connectivity index (χ1v) is 9.88. The lowest BCUT2D eigenvalue weighted by atomic mass is 10.1. The van der Waals surface area contributed by atoms with Crippen molar-refractivity contribution in [1.82, 2.24) is 4.98 Å². The molecule has 2 aliphatic heterocycles. The van der Waals surface area contributed by atoms with E-state index >= 15 is 0 Å². The van der Waals surface area contributed by atoms with Crippen LogP contribution in [0.5, 0.6) is 17.2 Å². The van der Waals surface area contributed by atoms with Crippen LogP contribution in [0.4, 0.5) is 10.8 Å². The molecule has 2 aromatic carbocycles. The molecule has 148 valence electrons. The molecular weight excluding hydrogens is 394 g/mol. The van der Waals surface area contributed by atoms with E-state index in [1.807, 2.05) is 18.2 Å². The van der Waals surface area contributed by atoms with E-state index < -0.39 is 5.92 Å². The van der Waals surface area contributed by atoms with E-state index in [1.165, 1.54) is 11.3 Å². The monoisotopic (exact) mass is 411 g/mol. The van der Waals surface area contributed by atoms with E-state index in [9.17, 15) is 9.59 Å². The van der Waals surface area contributed by atoms with Crippen LogP contribution in [0, 0.1) is 5.92 Å². The number of thiazole rings is 1. The predicted octanol–water partition coefficient (Wildman–Crippen LogP) is 3.03. The van der Waals surface area contributed by atoms with Crippen molar-refractivity contribution in [2.24, 2.45) is 5.92 Å². The zero-order chi connectivity index (χ0) is 20.0. The minimum Gasteiger partial charge on any atom is -0.497 e. The van der Waals surface area contributed by atoms with Gasteiger partial charge >= 0.3 is 0 Å². The lowest BCUT2D eigenvalue weighted by Crippen LogP contribution is -2.28. The number of rotatable bonds is 4. The number of methoxy groups -OCH3 is 1. The van der Waals surface area contributed by atoms with Gasteiger partial charge in [-0.3, -0.25) is 9.59 Å². The summed E-state index contributed by atoms with van der Waals surface area (Å²) in [6, 6.07) is 10.9. The fraction of sp³-hybridized carbons (Fsp3) is 0.250. The molecule has 8 nitrogen and oxygen atoms in total. The average molecular weight is 411 g/mol. The SMILES string of the molecule is COc1ccc2nc(NC(=O)C3CC(=O)N(c4ccc5c(c4)OCO5)C3)sc2c1.